The van der Waals surface area contributed by atoms with Gasteiger partial charge in [0.1, 0.15) is 0 Å². The van der Waals surface area contributed by atoms with Crippen molar-refractivity contribution in [3.05, 3.63) is 18.2 Å². The third kappa shape index (κ3) is 3.49. The van der Waals surface area contributed by atoms with E-state index >= 15 is 0 Å². The highest BCUT2D eigenvalue weighted by atomic mass is 32.2. The number of thioether (sulfide) groups is 1. The minimum Gasteiger partial charge on any atom is -0.333 e. The second kappa shape index (κ2) is 5.91. The van der Waals surface area contributed by atoms with Gasteiger partial charge in [-0.15, -0.1) is 0 Å². The molecule has 1 aliphatic rings. The van der Waals surface area contributed by atoms with Gasteiger partial charge in [-0.25, -0.2) is 4.98 Å². The van der Waals surface area contributed by atoms with E-state index in [0.717, 1.165) is 26.1 Å². The van der Waals surface area contributed by atoms with Gasteiger partial charge in [0.25, 0.3) is 0 Å². The minimum absolute atomic E-state index is 0.454. The van der Waals surface area contributed by atoms with Gasteiger partial charge in [0.15, 0.2) is 0 Å². The van der Waals surface area contributed by atoms with E-state index in [4.69, 9.17) is 0 Å². The van der Waals surface area contributed by atoms with E-state index in [1.54, 1.807) is 0 Å². The Morgan fingerprint density at radius 3 is 3.18 bits per heavy atom. The van der Waals surface area contributed by atoms with Gasteiger partial charge in [-0.05, 0) is 31.9 Å². The molecule has 1 fully saturated rings. The van der Waals surface area contributed by atoms with E-state index in [1.165, 1.54) is 24.3 Å². The van der Waals surface area contributed by atoms with E-state index in [2.05, 4.69) is 40.5 Å². The Morgan fingerprint density at radius 2 is 2.47 bits per heavy atom. The normalized spacial score (nSPS) is 24.4. The van der Waals surface area contributed by atoms with E-state index in [1.807, 2.05) is 12.5 Å². The fourth-order valence-electron chi connectivity index (χ4n) is 2.37. The average molecular weight is 253 g/mol. The van der Waals surface area contributed by atoms with Crippen molar-refractivity contribution in [2.45, 2.75) is 50.9 Å². The summed E-state index contributed by atoms with van der Waals surface area (Å²) in [5.41, 5.74) is 1.30. The zero-order valence-corrected chi connectivity index (χ0v) is 11.7. The zero-order valence-electron chi connectivity index (χ0n) is 10.9. The van der Waals surface area contributed by atoms with Crippen LogP contribution in [0, 0.1) is 0 Å². The quantitative estimate of drug-likeness (QED) is 0.845. The topological polar surface area (TPSA) is 29.9 Å². The predicted octanol–water partition coefficient (Wildman–Crippen LogP) is 2.67. The number of hydrogen-bond acceptors (Lipinski definition) is 3. The number of aryl methyl sites for hydroxylation is 1. The molecule has 96 valence electrons. The molecule has 0 saturated carbocycles. The third-order valence-corrected chi connectivity index (χ3v) is 4.91. The molecule has 2 heterocycles. The average Bonchev–Trinajstić information content (AvgIpc) is 2.90. The van der Waals surface area contributed by atoms with Crippen molar-refractivity contribution < 1.29 is 0 Å². The lowest BCUT2D eigenvalue weighted by Crippen LogP contribution is -2.32. The standard InChI is InChI=1S/C13H23N3S/c1-3-6-16-11-15-9-12(16)8-14-10-13(2)5-4-7-17-13/h9,11,14H,3-8,10H2,1-2H3. The first kappa shape index (κ1) is 13.0. The largest absolute Gasteiger partial charge is 0.333 e. The second-order valence-corrected chi connectivity index (χ2v) is 6.77. The van der Waals surface area contributed by atoms with Gasteiger partial charge in [0.2, 0.25) is 0 Å². The number of rotatable bonds is 6. The van der Waals surface area contributed by atoms with Crippen molar-refractivity contribution in [1.29, 1.82) is 0 Å². The van der Waals surface area contributed by atoms with Crippen molar-refractivity contribution in [3.8, 4) is 0 Å². The molecule has 1 unspecified atom stereocenters. The molecular weight excluding hydrogens is 230 g/mol. The van der Waals surface area contributed by atoms with Crippen LogP contribution in [0.1, 0.15) is 38.8 Å². The Labute approximate surface area is 108 Å². The van der Waals surface area contributed by atoms with Crippen LogP contribution in [0.5, 0.6) is 0 Å². The number of nitrogens with one attached hydrogen (secondary N) is 1. The van der Waals surface area contributed by atoms with E-state index in [-0.39, 0.29) is 0 Å². The van der Waals surface area contributed by atoms with Crippen molar-refractivity contribution in [1.82, 2.24) is 14.9 Å². The number of nitrogens with zero attached hydrogens (tertiary/aromatic N) is 2. The molecule has 0 spiro atoms. The van der Waals surface area contributed by atoms with Gasteiger partial charge >= 0.3 is 0 Å². The van der Waals surface area contributed by atoms with Crippen LogP contribution in [0.4, 0.5) is 0 Å². The molecule has 0 bridgehead atoms. The molecule has 4 heteroatoms. The Balaban J connectivity index is 1.79. The summed E-state index contributed by atoms with van der Waals surface area (Å²) in [6.45, 7) is 7.70. The molecule has 17 heavy (non-hydrogen) atoms. The van der Waals surface area contributed by atoms with Crippen molar-refractivity contribution >= 4 is 11.8 Å². The Morgan fingerprint density at radius 1 is 1.59 bits per heavy atom. The van der Waals surface area contributed by atoms with Gasteiger partial charge in [-0.3, -0.25) is 0 Å². The van der Waals surface area contributed by atoms with E-state index in [9.17, 15) is 0 Å². The maximum absolute atomic E-state index is 4.23. The molecule has 3 nitrogen and oxygen atoms in total. The van der Waals surface area contributed by atoms with Gasteiger partial charge in [0, 0.05) is 30.6 Å². The summed E-state index contributed by atoms with van der Waals surface area (Å²) in [4.78, 5) is 4.23. The Hall–Kier alpha value is -0.480. The highest BCUT2D eigenvalue weighted by Gasteiger charge is 2.28. The molecule has 1 aromatic heterocycles. The van der Waals surface area contributed by atoms with Crippen LogP contribution in [0.2, 0.25) is 0 Å². The lowest BCUT2D eigenvalue weighted by molar-refractivity contribution is 0.522. The van der Waals surface area contributed by atoms with Crippen LogP contribution in [-0.4, -0.2) is 26.6 Å². The highest BCUT2D eigenvalue weighted by molar-refractivity contribution is 8.00. The molecule has 0 amide bonds. The van der Waals surface area contributed by atoms with Crippen LogP contribution in [0.25, 0.3) is 0 Å². The van der Waals surface area contributed by atoms with Crippen molar-refractivity contribution in [3.63, 3.8) is 0 Å². The second-order valence-electron chi connectivity index (χ2n) is 5.08. The zero-order chi connectivity index (χ0) is 12.1. The summed E-state index contributed by atoms with van der Waals surface area (Å²) in [7, 11) is 0. The smallest absolute Gasteiger partial charge is 0.0948 e. The Kier molecular flexibility index (Phi) is 4.51. The fraction of sp³-hybridized carbons (Fsp3) is 0.769. The molecule has 2 rings (SSSR count). The first-order valence-electron chi connectivity index (χ1n) is 6.57. The van der Waals surface area contributed by atoms with Gasteiger partial charge < -0.3 is 9.88 Å². The number of aromatic nitrogens is 2. The number of imidazole rings is 1. The summed E-state index contributed by atoms with van der Waals surface area (Å²) in [5.74, 6) is 1.33. The molecule has 0 aliphatic carbocycles. The fourth-order valence-corrected chi connectivity index (χ4v) is 3.64. The molecule has 0 aromatic carbocycles. The molecule has 0 radical (unpaired) electrons. The predicted molar refractivity (Wildman–Crippen MR) is 74.3 cm³/mol. The van der Waals surface area contributed by atoms with Gasteiger partial charge in [-0.1, -0.05) is 6.92 Å². The minimum atomic E-state index is 0.454. The summed E-state index contributed by atoms with van der Waals surface area (Å²) in [6, 6.07) is 0. The van der Waals surface area contributed by atoms with Crippen LogP contribution in [-0.2, 0) is 13.1 Å². The van der Waals surface area contributed by atoms with Crippen LogP contribution >= 0.6 is 11.8 Å². The molecule has 1 aromatic rings. The first-order valence-corrected chi connectivity index (χ1v) is 7.56. The maximum Gasteiger partial charge on any atom is 0.0948 e. The molecular formula is C13H23N3S. The van der Waals surface area contributed by atoms with Crippen LogP contribution < -0.4 is 5.32 Å². The van der Waals surface area contributed by atoms with Crippen LogP contribution in [0.3, 0.4) is 0 Å². The Bertz CT molecular complexity index is 342. The summed E-state index contributed by atoms with van der Waals surface area (Å²) in [6.07, 6.45) is 7.80. The maximum atomic E-state index is 4.23. The summed E-state index contributed by atoms with van der Waals surface area (Å²) in [5, 5.41) is 3.59. The van der Waals surface area contributed by atoms with Crippen molar-refractivity contribution in [2.24, 2.45) is 0 Å². The molecule has 1 aliphatic heterocycles. The molecule has 1 saturated heterocycles. The number of hydrogen-bond donors (Lipinski definition) is 1. The van der Waals surface area contributed by atoms with Gasteiger partial charge in [0.05, 0.1) is 12.0 Å². The highest BCUT2D eigenvalue weighted by Crippen LogP contribution is 2.36. The summed E-state index contributed by atoms with van der Waals surface area (Å²) < 4.78 is 2.70. The monoisotopic (exact) mass is 253 g/mol. The molecule has 1 N–H and O–H groups in total. The van der Waals surface area contributed by atoms with Crippen LogP contribution in [0.15, 0.2) is 12.5 Å². The lowest BCUT2D eigenvalue weighted by Gasteiger charge is -2.23. The van der Waals surface area contributed by atoms with E-state index in [0.29, 0.717) is 4.75 Å². The lowest BCUT2D eigenvalue weighted by atomic mass is 10.1. The first-order chi connectivity index (χ1) is 8.23. The van der Waals surface area contributed by atoms with E-state index < -0.39 is 0 Å². The third-order valence-electron chi connectivity index (χ3n) is 3.37. The SMILES string of the molecule is CCCn1cncc1CNCC1(C)CCCS1. The summed E-state index contributed by atoms with van der Waals surface area (Å²) >= 11 is 2.11. The van der Waals surface area contributed by atoms with Crippen molar-refractivity contribution in [2.75, 3.05) is 12.3 Å². The molecule has 1 atom stereocenters. The van der Waals surface area contributed by atoms with Gasteiger partial charge in [-0.2, -0.15) is 11.8 Å².